The number of hydrogen-bond donors (Lipinski definition) is 0. The summed E-state index contributed by atoms with van der Waals surface area (Å²) in [7, 11) is 1.79. The number of carbonyl (C=O) groups is 1. The van der Waals surface area contributed by atoms with Crippen molar-refractivity contribution in [2.45, 2.75) is 12.8 Å². The lowest BCUT2D eigenvalue weighted by molar-refractivity contribution is 0.0784. The van der Waals surface area contributed by atoms with Crippen LogP contribution in [0.25, 0.3) is 16.7 Å². The third kappa shape index (κ3) is 1.76. The van der Waals surface area contributed by atoms with E-state index < -0.39 is 0 Å². The molecule has 1 aliphatic heterocycles. The molecule has 0 N–H and O–H groups in total. The van der Waals surface area contributed by atoms with E-state index in [1.807, 2.05) is 11.0 Å². The van der Waals surface area contributed by atoms with Crippen molar-refractivity contribution in [2.24, 2.45) is 7.05 Å². The first-order valence-electron chi connectivity index (χ1n) is 7.43. The molecule has 0 bridgehead atoms. The van der Waals surface area contributed by atoms with Crippen molar-refractivity contribution >= 4 is 22.6 Å². The van der Waals surface area contributed by atoms with Gasteiger partial charge in [-0.05, 0) is 31.0 Å². The molecule has 4 rings (SSSR count). The maximum atomic E-state index is 12.6. The number of rotatable bonds is 1. The van der Waals surface area contributed by atoms with Gasteiger partial charge in [0.25, 0.3) is 11.5 Å². The van der Waals surface area contributed by atoms with Crippen molar-refractivity contribution in [1.82, 2.24) is 18.9 Å². The standard InChI is InChI=1S/C16H16N4O2/c1-18-12(16(22)19-7-4-5-8-19)10-11-14(18)17-13-6-2-3-9-20(13)15(11)21/h2-3,6,9-10H,4-5,7-8H2,1H3. The van der Waals surface area contributed by atoms with E-state index in [2.05, 4.69) is 4.98 Å². The van der Waals surface area contributed by atoms with Crippen molar-refractivity contribution in [3.05, 3.63) is 46.5 Å². The van der Waals surface area contributed by atoms with Crippen molar-refractivity contribution < 1.29 is 4.79 Å². The molecule has 0 aliphatic carbocycles. The van der Waals surface area contributed by atoms with Gasteiger partial charge in [0, 0.05) is 26.3 Å². The highest BCUT2D eigenvalue weighted by molar-refractivity contribution is 5.98. The molecular weight excluding hydrogens is 280 g/mol. The minimum Gasteiger partial charge on any atom is -0.337 e. The number of carbonyl (C=O) groups excluding carboxylic acids is 1. The monoisotopic (exact) mass is 296 g/mol. The van der Waals surface area contributed by atoms with Gasteiger partial charge in [-0.1, -0.05) is 6.07 Å². The lowest BCUT2D eigenvalue weighted by Crippen LogP contribution is -2.29. The van der Waals surface area contributed by atoms with Crippen molar-refractivity contribution in [1.29, 1.82) is 0 Å². The van der Waals surface area contributed by atoms with Crippen LogP contribution >= 0.6 is 0 Å². The predicted molar refractivity (Wildman–Crippen MR) is 83.1 cm³/mol. The molecule has 0 aromatic carbocycles. The summed E-state index contributed by atoms with van der Waals surface area (Å²) < 4.78 is 3.23. The molecule has 0 radical (unpaired) electrons. The second-order valence-electron chi connectivity index (χ2n) is 5.67. The van der Waals surface area contributed by atoms with Crippen molar-refractivity contribution in [2.75, 3.05) is 13.1 Å². The van der Waals surface area contributed by atoms with Gasteiger partial charge in [-0.25, -0.2) is 4.98 Å². The molecule has 0 spiro atoms. The van der Waals surface area contributed by atoms with Crippen LogP contribution in [0.4, 0.5) is 0 Å². The zero-order valence-electron chi connectivity index (χ0n) is 12.3. The SMILES string of the molecule is Cn1c(C(=O)N2CCCC2)cc2c(=O)n3ccccc3nc21. The fourth-order valence-electron chi connectivity index (χ4n) is 3.11. The highest BCUT2D eigenvalue weighted by atomic mass is 16.2. The third-order valence-corrected chi connectivity index (χ3v) is 4.32. The molecule has 1 amide bonds. The first kappa shape index (κ1) is 13.1. The van der Waals surface area contributed by atoms with Crippen LogP contribution in [0.15, 0.2) is 35.3 Å². The molecule has 0 saturated carbocycles. The van der Waals surface area contributed by atoms with E-state index in [1.165, 1.54) is 4.40 Å². The molecule has 4 heterocycles. The number of amides is 1. The van der Waals surface area contributed by atoms with Crippen LogP contribution in [-0.2, 0) is 7.05 Å². The van der Waals surface area contributed by atoms with Crippen LogP contribution < -0.4 is 5.56 Å². The Labute approximate surface area is 126 Å². The van der Waals surface area contributed by atoms with E-state index in [0.29, 0.717) is 22.4 Å². The molecule has 1 saturated heterocycles. The fourth-order valence-corrected chi connectivity index (χ4v) is 3.11. The first-order chi connectivity index (χ1) is 10.7. The van der Waals surface area contributed by atoms with Gasteiger partial charge >= 0.3 is 0 Å². The van der Waals surface area contributed by atoms with E-state index in [1.54, 1.807) is 36.0 Å². The summed E-state index contributed by atoms with van der Waals surface area (Å²) in [5.74, 6) is -0.0218. The molecule has 112 valence electrons. The van der Waals surface area contributed by atoms with Crippen LogP contribution in [-0.4, -0.2) is 37.8 Å². The van der Waals surface area contributed by atoms with E-state index in [-0.39, 0.29) is 11.5 Å². The Kier molecular flexibility index (Phi) is 2.79. The Balaban J connectivity index is 1.96. The molecule has 1 fully saturated rings. The smallest absolute Gasteiger partial charge is 0.270 e. The van der Waals surface area contributed by atoms with Gasteiger partial charge in [0.1, 0.15) is 17.0 Å². The molecule has 0 atom stereocenters. The average Bonchev–Trinajstić information content (AvgIpc) is 3.17. The van der Waals surface area contributed by atoms with Crippen molar-refractivity contribution in [3.63, 3.8) is 0 Å². The van der Waals surface area contributed by atoms with E-state index in [4.69, 9.17) is 0 Å². The molecule has 3 aromatic heterocycles. The first-order valence-corrected chi connectivity index (χ1v) is 7.43. The number of hydrogen-bond acceptors (Lipinski definition) is 3. The topological polar surface area (TPSA) is 59.6 Å². The lowest BCUT2D eigenvalue weighted by atomic mass is 10.3. The summed E-state index contributed by atoms with van der Waals surface area (Å²) in [6.07, 6.45) is 3.78. The van der Waals surface area contributed by atoms with Gasteiger partial charge in [0.05, 0.1) is 5.39 Å². The van der Waals surface area contributed by atoms with Gasteiger partial charge in [-0.15, -0.1) is 0 Å². The summed E-state index contributed by atoms with van der Waals surface area (Å²) >= 11 is 0. The Morgan fingerprint density at radius 1 is 1.23 bits per heavy atom. The molecule has 3 aromatic rings. The second kappa shape index (κ2) is 4.69. The van der Waals surface area contributed by atoms with Gasteiger partial charge in [-0.3, -0.25) is 14.0 Å². The molecule has 6 nitrogen and oxygen atoms in total. The van der Waals surface area contributed by atoms with Gasteiger partial charge < -0.3 is 9.47 Å². The highest BCUT2D eigenvalue weighted by Crippen LogP contribution is 2.18. The van der Waals surface area contributed by atoms with Crippen LogP contribution in [0.3, 0.4) is 0 Å². The number of fused-ring (bicyclic) bond motifs is 2. The summed E-state index contributed by atoms with van der Waals surface area (Å²) in [4.78, 5) is 31.6. The minimum atomic E-state index is -0.142. The molecule has 22 heavy (non-hydrogen) atoms. The number of pyridine rings is 1. The second-order valence-corrected chi connectivity index (χ2v) is 5.67. The molecule has 0 unspecified atom stereocenters. The largest absolute Gasteiger partial charge is 0.337 e. The maximum Gasteiger partial charge on any atom is 0.270 e. The fraction of sp³-hybridized carbons (Fsp3) is 0.312. The Morgan fingerprint density at radius 3 is 2.77 bits per heavy atom. The highest BCUT2D eigenvalue weighted by Gasteiger charge is 2.24. The van der Waals surface area contributed by atoms with E-state index in [9.17, 15) is 9.59 Å². The normalized spacial score (nSPS) is 15.0. The van der Waals surface area contributed by atoms with Gasteiger partial charge in [0.2, 0.25) is 0 Å². The summed E-state index contributed by atoms with van der Waals surface area (Å²) in [6, 6.07) is 7.09. The lowest BCUT2D eigenvalue weighted by Gasteiger charge is -2.15. The molecular formula is C16H16N4O2. The zero-order chi connectivity index (χ0) is 15.3. The molecule has 6 heteroatoms. The van der Waals surface area contributed by atoms with Gasteiger partial charge in [-0.2, -0.15) is 0 Å². The maximum absolute atomic E-state index is 12.6. The average molecular weight is 296 g/mol. The quantitative estimate of drug-likeness (QED) is 0.682. The third-order valence-electron chi connectivity index (χ3n) is 4.32. The Bertz CT molecular complexity index is 948. The predicted octanol–water partition coefficient (Wildman–Crippen LogP) is 1.42. The number of likely N-dealkylation sites (tertiary alicyclic amines) is 1. The molecule has 1 aliphatic rings. The summed E-state index contributed by atoms with van der Waals surface area (Å²) in [6.45, 7) is 1.57. The Hall–Kier alpha value is -2.63. The number of aromatic nitrogens is 3. The number of aryl methyl sites for hydroxylation is 1. The van der Waals surface area contributed by atoms with Crippen LogP contribution in [0, 0.1) is 0 Å². The summed E-state index contributed by atoms with van der Waals surface area (Å²) in [5.41, 5.74) is 1.52. The number of nitrogens with zero attached hydrogens (tertiary/aromatic N) is 4. The van der Waals surface area contributed by atoms with Crippen LogP contribution in [0.2, 0.25) is 0 Å². The van der Waals surface area contributed by atoms with E-state index in [0.717, 1.165) is 25.9 Å². The minimum absolute atomic E-state index is 0.0218. The zero-order valence-corrected chi connectivity index (χ0v) is 12.3. The van der Waals surface area contributed by atoms with Crippen molar-refractivity contribution in [3.8, 4) is 0 Å². The summed E-state index contributed by atoms with van der Waals surface area (Å²) in [5, 5.41) is 0.480. The van der Waals surface area contributed by atoms with Gasteiger partial charge in [0.15, 0.2) is 0 Å². The van der Waals surface area contributed by atoms with Crippen LogP contribution in [0.1, 0.15) is 23.3 Å². The van der Waals surface area contributed by atoms with E-state index >= 15 is 0 Å². The van der Waals surface area contributed by atoms with Crippen LogP contribution in [0.5, 0.6) is 0 Å². The Morgan fingerprint density at radius 2 is 2.00 bits per heavy atom.